The smallest absolute Gasteiger partial charge is 0.166 e. The molecule has 3 heteroatoms. The van der Waals surface area contributed by atoms with Crippen molar-refractivity contribution in [2.24, 2.45) is 0 Å². The van der Waals surface area contributed by atoms with E-state index in [2.05, 4.69) is 29.2 Å². The zero-order valence-corrected chi connectivity index (χ0v) is 8.44. The molecule has 0 fully saturated rings. The molecule has 0 spiro atoms. The molecule has 0 nitrogen and oxygen atoms in total. The molecular formula is C9H7F2I. The average molecular weight is 280 g/mol. The van der Waals surface area contributed by atoms with Gasteiger partial charge in [-0.2, -0.15) is 0 Å². The van der Waals surface area contributed by atoms with Crippen molar-refractivity contribution in [2.75, 3.05) is 4.43 Å². The molecule has 0 aliphatic rings. The molecule has 1 aromatic rings. The molecule has 0 saturated heterocycles. The Bertz CT molecular complexity index is 307. The van der Waals surface area contributed by atoms with Gasteiger partial charge in [0.25, 0.3) is 0 Å². The van der Waals surface area contributed by atoms with Crippen LogP contribution in [0.4, 0.5) is 8.78 Å². The summed E-state index contributed by atoms with van der Waals surface area (Å²) in [6, 6.07) is 4.10. The van der Waals surface area contributed by atoms with Crippen molar-refractivity contribution in [3.63, 3.8) is 0 Å². The standard InChI is InChI=1S/C9H7F2I/c1-6(5-12)7-3-2-4-8(10)9(7)11/h2-4H,1,5H2. The maximum Gasteiger partial charge on any atom is 0.166 e. The van der Waals surface area contributed by atoms with Crippen molar-refractivity contribution >= 4 is 28.2 Å². The molecule has 0 aromatic heterocycles. The van der Waals surface area contributed by atoms with E-state index in [1.807, 2.05) is 0 Å². The minimum Gasteiger partial charge on any atom is -0.204 e. The fourth-order valence-electron chi connectivity index (χ4n) is 0.849. The molecule has 0 unspecified atom stereocenters. The van der Waals surface area contributed by atoms with Gasteiger partial charge in [0.15, 0.2) is 11.6 Å². The van der Waals surface area contributed by atoms with Crippen molar-refractivity contribution < 1.29 is 8.78 Å². The second kappa shape index (κ2) is 3.98. The van der Waals surface area contributed by atoms with Gasteiger partial charge in [-0.3, -0.25) is 0 Å². The lowest BCUT2D eigenvalue weighted by molar-refractivity contribution is 0.506. The lowest BCUT2D eigenvalue weighted by atomic mass is 10.1. The van der Waals surface area contributed by atoms with Crippen LogP contribution in [0, 0.1) is 11.6 Å². The summed E-state index contributed by atoms with van der Waals surface area (Å²) < 4.78 is 26.3. The van der Waals surface area contributed by atoms with Crippen LogP contribution in [0.2, 0.25) is 0 Å². The molecule has 0 bridgehead atoms. The first-order valence-corrected chi connectivity index (χ1v) is 4.87. The van der Waals surface area contributed by atoms with Crippen LogP contribution in [0.3, 0.4) is 0 Å². The monoisotopic (exact) mass is 280 g/mol. The normalized spacial score (nSPS) is 9.92. The Morgan fingerprint density at radius 3 is 2.67 bits per heavy atom. The van der Waals surface area contributed by atoms with Crippen LogP contribution in [0.5, 0.6) is 0 Å². The summed E-state index contributed by atoms with van der Waals surface area (Å²) in [5, 5.41) is 0. The molecule has 0 saturated carbocycles. The molecule has 0 aliphatic carbocycles. The zero-order valence-electron chi connectivity index (χ0n) is 6.28. The van der Waals surface area contributed by atoms with Crippen LogP contribution in [0.1, 0.15) is 5.56 Å². The van der Waals surface area contributed by atoms with E-state index in [-0.39, 0.29) is 5.56 Å². The van der Waals surface area contributed by atoms with Gasteiger partial charge in [-0.1, -0.05) is 41.3 Å². The lowest BCUT2D eigenvalue weighted by Crippen LogP contribution is -1.92. The van der Waals surface area contributed by atoms with Gasteiger partial charge in [0.05, 0.1) is 0 Å². The summed E-state index contributed by atoms with van der Waals surface area (Å²) in [6.45, 7) is 3.63. The van der Waals surface area contributed by atoms with E-state index in [0.29, 0.717) is 10.0 Å². The van der Waals surface area contributed by atoms with Crippen molar-refractivity contribution in [3.05, 3.63) is 42.0 Å². The van der Waals surface area contributed by atoms with E-state index in [4.69, 9.17) is 0 Å². The number of benzene rings is 1. The minimum absolute atomic E-state index is 0.268. The molecule has 0 heterocycles. The number of alkyl halides is 1. The average Bonchev–Trinajstić information content (AvgIpc) is 2.08. The molecule has 64 valence electrons. The topological polar surface area (TPSA) is 0 Å². The highest BCUT2D eigenvalue weighted by Crippen LogP contribution is 2.20. The second-order valence-corrected chi connectivity index (χ2v) is 3.10. The van der Waals surface area contributed by atoms with E-state index in [9.17, 15) is 8.78 Å². The fourth-order valence-corrected chi connectivity index (χ4v) is 1.26. The third kappa shape index (κ3) is 1.83. The van der Waals surface area contributed by atoms with E-state index in [0.717, 1.165) is 6.07 Å². The first-order chi connectivity index (χ1) is 5.66. The number of allylic oxidation sites excluding steroid dienone is 1. The Labute approximate surface area is 83.4 Å². The summed E-state index contributed by atoms with van der Waals surface area (Å²) in [4.78, 5) is 0. The number of hydrogen-bond acceptors (Lipinski definition) is 0. The molecular weight excluding hydrogens is 273 g/mol. The quantitative estimate of drug-likeness (QED) is 0.575. The van der Waals surface area contributed by atoms with E-state index in [1.54, 1.807) is 0 Å². The molecule has 1 aromatic carbocycles. The molecule has 0 amide bonds. The highest BCUT2D eigenvalue weighted by atomic mass is 127. The zero-order chi connectivity index (χ0) is 9.14. The second-order valence-electron chi connectivity index (χ2n) is 2.34. The van der Waals surface area contributed by atoms with Crippen LogP contribution >= 0.6 is 22.6 Å². The van der Waals surface area contributed by atoms with Crippen LogP contribution < -0.4 is 0 Å². The number of hydrogen-bond donors (Lipinski definition) is 0. The first-order valence-electron chi connectivity index (χ1n) is 3.35. The van der Waals surface area contributed by atoms with Gasteiger partial charge in [0.2, 0.25) is 0 Å². The van der Waals surface area contributed by atoms with Crippen LogP contribution in [0.15, 0.2) is 24.8 Å². The van der Waals surface area contributed by atoms with E-state index >= 15 is 0 Å². The third-order valence-electron chi connectivity index (χ3n) is 1.49. The summed E-state index contributed by atoms with van der Waals surface area (Å²) in [5.74, 6) is -1.63. The number of halogens is 3. The largest absolute Gasteiger partial charge is 0.204 e. The third-order valence-corrected chi connectivity index (χ3v) is 2.41. The van der Waals surface area contributed by atoms with E-state index in [1.165, 1.54) is 12.1 Å². The Balaban J connectivity index is 3.16. The highest BCUT2D eigenvalue weighted by molar-refractivity contribution is 14.1. The summed E-state index contributed by atoms with van der Waals surface area (Å²) in [6.07, 6.45) is 0. The molecule has 1 rings (SSSR count). The Hall–Kier alpha value is -0.450. The van der Waals surface area contributed by atoms with Crippen molar-refractivity contribution in [2.45, 2.75) is 0 Å². The van der Waals surface area contributed by atoms with Gasteiger partial charge < -0.3 is 0 Å². The molecule has 0 radical (unpaired) electrons. The Kier molecular flexibility index (Phi) is 3.20. The minimum atomic E-state index is -0.821. The lowest BCUT2D eigenvalue weighted by Gasteiger charge is -2.03. The van der Waals surface area contributed by atoms with Gasteiger partial charge in [0, 0.05) is 9.99 Å². The maximum atomic E-state index is 13.0. The van der Waals surface area contributed by atoms with Crippen LogP contribution in [-0.4, -0.2) is 4.43 Å². The predicted octanol–water partition coefficient (Wildman–Crippen LogP) is 3.41. The van der Waals surface area contributed by atoms with Crippen LogP contribution in [0.25, 0.3) is 5.57 Å². The van der Waals surface area contributed by atoms with E-state index < -0.39 is 11.6 Å². The van der Waals surface area contributed by atoms with Gasteiger partial charge in [0.1, 0.15) is 0 Å². The molecule has 0 N–H and O–H groups in total. The maximum absolute atomic E-state index is 13.0. The first kappa shape index (κ1) is 9.64. The fraction of sp³-hybridized carbons (Fsp3) is 0.111. The van der Waals surface area contributed by atoms with Crippen molar-refractivity contribution in [1.82, 2.24) is 0 Å². The molecule has 0 atom stereocenters. The van der Waals surface area contributed by atoms with Gasteiger partial charge in [-0.25, -0.2) is 8.78 Å². The van der Waals surface area contributed by atoms with Gasteiger partial charge in [-0.15, -0.1) is 0 Å². The summed E-state index contributed by atoms with van der Waals surface area (Å²) in [5.41, 5.74) is 0.872. The number of rotatable bonds is 2. The van der Waals surface area contributed by atoms with Crippen LogP contribution in [-0.2, 0) is 0 Å². The molecule has 0 aliphatic heterocycles. The Morgan fingerprint density at radius 2 is 2.08 bits per heavy atom. The summed E-state index contributed by atoms with van der Waals surface area (Å²) in [7, 11) is 0. The van der Waals surface area contributed by atoms with Crippen molar-refractivity contribution in [1.29, 1.82) is 0 Å². The van der Waals surface area contributed by atoms with Gasteiger partial charge >= 0.3 is 0 Å². The molecule has 12 heavy (non-hydrogen) atoms. The van der Waals surface area contributed by atoms with Crippen molar-refractivity contribution in [3.8, 4) is 0 Å². The SMILES string of the molecule is C=C(CI)c1cccc(F)c1F. The van der Waals surface area contributed by atoms with Gasteiger partial charge in [-0.05, 0) is 11.6 Å². The predicted molar refractivity (Wildman–Crippen MR) is 54.3 cm³/mol. The summed E-state index contributed by atoms with van der Waals surface area (Å²) >= 11 is 2.06. The Morgan fingerprint density at radius 1 is 1.42 bits per heavy atom. The highest BCUT2D eigenvalue weighted by Gasteiger charge is 2.08.